The molecular weight excluding hydrogens is 92.1 g/mol. The molecule has 1 amide bonds. The minimum atomic E-state index is -0.273. The van der Waals surface area contributed by atoms with Crippen LogP contribution in [0.3, 0.4) is 0 Å². The van der Waals surface area contributed by atoms with Gasteiger partial charge in [-0.15, -0.1) is 0 Å². The van der Waals surface area contributed by atoms with Gasteiger partial charge in [0, 0.05) is 20.0 Å². The molecule has 0 aromatic carbocycles. The van der Waals surface area contributed by atoms with Crippen molar-refractivity contribution in [3.8, 4) is 0 Å². The molecule has 0 aromatic rings. The third-order valence-electron chi connectivity index (χ3n) is 0.467. The molecule has 1 radical (unpaired) electrons. The van der Waals surface area contributed by atoms with E-state index >= 15 is 0 Å². The zero-order chi connectivity index (χ0) is 5.70. The average Bonchev–Trinajstić information content (AvgIpc) is 1.61. The van der Waals surface area contributed by atoms with Crippen LogP contribution in [0.2, 0.25) is 0 Å². The molecule has 3 heteroatoms. The van der Waals surface area contributed by atoms with Gasteiger partial charge in [-0.3, -0.25) is 4.79 Å². The predicted octanol–water partition coefficient (Wildman–Crippen LogP) is -1.10. The first-order valence-electron chi connectivity index (χ1n) is 2.07. The molecule has 0 aliphatic carbocycles. The summed E-state index contributed by atoms with van der Waals surface area (Å²) in [6.07, 6.45) is 0. The molecule has 0 fully saturated rings. The molecule has 3 nitrogen and oxygen atoms in total. The van der Waals surface area contributed by atoms with Crippen molar-refractivity contribution in [2.75, 3.05) is 13.1 Å². The Balaban J connectivity index is 2.82. The van der Waals surface area contributed by atoms with Crippen LogP contribution in [0.5, 0.6) is 0 Å². The van der Waals surface area contributed by atoms with Gasteiger partial charge in [0.1, 0.15) is 0 Å². The SMILES string of the molecule is [CH2]C(=O)NCCN. The van der Waals surface area contributed by atoms with Gasteiger partial charge in [-0.1, -0.05) is 0 Å². The molecule has 0 bridgehead atoms. The Morgan fingerprint density at radius 1 is 1.86 bits per heavy atom. The summed E-state index contributed by atoms with van der Waals surface area (Å²) in [5, 5.41) is 2.42. The lowest BCUT2D eigenvalue weighted by Crippen LogP contribution is -2.26. The number of rotatable bonds is 2. The van der Waals surface area contributed by atoms with Gasteiger partial charge >= 0.3 is 0 Å². The molecule has 0 saturated heterocycles. The number of amides is 1. The number of nitrogens with one attached hydrogen (secondary N) is 1. The molecule has 0 aliphatic heterocycles. The third-order valence-corrected chi connectivity index (χ3v) is 0.467. The van der Waals surface area contributed by atoms with E-state index in [0.717, 1.165) is 0 Å². The highest BCUT2D eigenvalue weighted by molar-refractivity contribution is 5.79. The van der Waals surface area contributed by atoms with E-state index in [1.165, 1.54) is 0 Å². The van der Waals surface area contributed by atoms with Gasteiger partial charge in [-0.2, -0.15) is 0 Å². The third kappa shape index (κ3) is 5.43. The quantitative estimate of drug-likeness (QED) is 0.463. The second-order valence-corrected chi connectivity index (χ2v) is 1.14. The van der Waals surface area contributed by atoms with Crippen LogP contribution in [0.1, 0.15) is 0 Å². The Morgan fingerprint density at radius 2 is 2.43 bits per heavy atom. The van der Waals surface area contributed by atoms with Crippen molar-refractivity contribution in [2.24, 2.45) is 5.73 Å². The number of hydrogen-bond donors (Lipinski definition) is 2. The van der Waals surface area contributed by atoms with Gasteiger partial charge in [0.15, 0.2) is 0 Å². The summed E-state index contributed by atoms with van der Waals surface area (Å²) in [6.45, 7) is 4.06. The van der Waals surface area contributed by atoms with E-state index in [4.69, 9.17) is 5.73 Å². The molecule has 41 valence electrons. The van der Waals surface area contributed by atoms with Crippen LogP contribution in [0, 0.1) is 6.92 Å². The van der Waals surface area contributed by atoms with Crippen LogP contribution in [0.4, 0.5) is 0 Å². The first kappa shape index (κ1) is 6.43. The molecular formula is C4H9N2O. The normalized spacial score (nSPS) is 8.29. The smallest absolute Gasteiger partial charge is 0.220 e. The topological polar surface area (TPSA) is 55.1 Å². The Labute approximate surface area is 42.9 Å². The molecule has 0 atom stereocenters. The molecule has 0 aliphatic rings. The Hall–Kier alpha value is -0.570. The van der Waals surface area contributed by atoms with Crippen molar-refractivity contribution in [3.63, 3.8) is 0 Å². The minimum absolute atomic E-state index is 0.273. The first-order chi connectivity index (χ1) is 3.27. The van der Waals surface area contributed by atoms with Gasteiger partial charge in [-0.05, 0) is 0 Å². The second kappa shape index (κ2) is 3.61. The lowest BCUT2D eigenvalue weighted by atomic mass is 10.6. The average molecular weight is 101 g/mol. The largest absolute Gasteiger partial charge is 0.355 e. The second-order valence-electron chi connectivity index (χ2n) is 1.14. The van der Waals surface area contributed by atoms with Gasteiger partial charge in [-0.25, -0.2) is 0 Å². The van der Waals surface area contributed by atoms with E-state index in [9.17, 15) is 4.79 Å². The maximum absolute atomic E-state index is 9.92. The molecule has 0 spiro atoms. The monoisotopic (exact) mass is 101 g/mol. The van der Waals surface area contributed by atoms with Crippen molar-refractivity contribution in [1.29, 1.82) is 0 Å². The van der Waals surface area contributed by atoms with Crippen LogP contribution in [-0.2, 0) is 4.79 Å². The van der Waals surface area contributed by atoms with E-state index < -0.39 is 0 Å². The number of carbonyl (C=O) groups excluding carboxylic acids is 1. The number of hydrogen-bond acceptors (Lipinski definition) is 2. The summed E-state index contributed by atoms with van der Waals surface area (Å²) in [7, 11) is 0. The maximum atomic E-state index is 9.92. The molecule has 0 saturated carbocycles. The van der Waals surface area contributed by atoms with E-state index in [-0.39, 0.29) is 5.91 Å². The summed E-state index contributed by atoms with van der Waals surface area (Å²) in [5.74, 6) is -0.273. The fourth-order valence-corrected chi connectivity index (χ4v) is 0.212. The summed E-state index contributed by atoms with van der Waals surface area (Å²) in [6, 6.07) is 0. The van der Waals surface area contributed by atoms with E-state index in [1.807, 2.05) is 0 Å². The van der Waals surface area contributed by atoms with Crippen LogP contribution < -0.4 is 11.1 Å². The highest BCUT2D eigenvalue weighted by atomic mass is 16.1. The van der Waals surface area contributed by atoms with Crippen molar-refractivity contribution in [1.82, 2.24) is 5.32 Å². The molecule has 0 aromatic heterocycles. The fraction of sp³-hybridized carbons (Fsp3) is 0.500. The van der Waals surface area contributed by atoms with Gasteiger partial charge < -0.3 is 11.1 Å². The summed E-state index contributed by atoms with van der Waals surface area (Å²) in [5.41, 5.74) is 5.03. The Morgan fingerprint density at radius 3 is 2.57 bits per heavy atom. The first-order valence-corrected chi connectivity index (χ1v) is 2.07. The van der Waals surface area contributed by atoms with E-state index in [1.54, 1.807) is 0 Å². The van der Waals surface area contributed by atoms with Gasteiger partial charge in [0.25, 0.3) is 0 Å². The summed E-state index contributed by atoms with van der Waals surface area (Å²) < 4.78 is 0. The van der Waals surface area contributed by atoms with Gasteiger partial charge in [0.05, 0.1) is 0 Å². The number of carbonyl (C=O) groups is 1. The lowest BCUT2D eigenvalue weighted by Gasteiger charge is -1.93. The molecule has 7 heavy (non-hydrogen) atoms. The Bertz CT molecular complexity index is 62.7. The highest BCUT2D eigenvalue weighted by Crippen LogP contribution is 1.53. The maximum Gasteiger partial charge on any atom is 0.220 e. The number of nitrogens with two attached hydrogens (primary N) is 1. The molecule has 0 unspecified atom stereocenters. The summed E-state index contributed by atoms with van der Waals surface area (Å²) >= 11 is 0. The van der Waals surface area contributed by atoms with Crippen LogP contribution in [0.25, 0.3) is 0 Å². The molecule has 3 N–H and O–H groups in total. The zero-order valence-electron chi connectivity index (χ0n) is 4.11. The van der Waals surface area contributed by atoms with Crippen LogP contribution in [-0.4, -0.2) is 19.0 Å². The lowest BCUT2D eigenvalue weighted by molar-refractivity contribution is -0.116. The molecule has 0 rings (SSSR count). The highest BCUT2D eigenvalue weighted by Gasteiger charge is 1.83. The van der Waals surface area contributed by atoms with Crippen molar-refractivity contribution < 1.29 is 4.79 Å². The fourth-order valence-electron chi connectivity index (χ4n) is 0.212. The predicted molar refractivity (Wildman–Crippen MR) is 27.4 cm³/mol. The molecule has 0 heterocycles. The van der Waals surface area contributed by atoms with E-state index in [0.29, 0.717) is 13.1 Å². The van der Waals surface area contributed by atoms with Crippen LogP contribution in [0.15, 0.2) is 0 Å². The van der Waals surface area contributed by atoms with Crippen molar-refractivity contribution in [3.05, 3.63) is 6.92 Å². The standard InChI is InChI=1S/C4H9N2O/c1-4(7)6-3-2-5/h1-3,5H2,(H,6,7). The minimum Gasteiger partial charge on any atom is -0.355 e. The van der Waals surface area contributed by atoms with Gasteiger partial charge in [0.2, 0.25) is 5.91 Å². The summed E-state index contributed by atoms with van der Waals surface area (Å²) in [4.78, 5) is 9.92. The Kier molecular flexibility index (Phi) is 3.32. The van der Waals surface area contributed by atoms with Crippen molar-refractivity contribution >= 4 is 5.91 Å². The van der Waals surface area contributed by atoms with Crippen LogP contribution >= 0.6 is 0 Å². The van der Waals surface area contributed by atoms with E-state index in [2.05, 4.69) is 12.2 Å². The zero-order valence-corrected chi connectivity index (χ0v) is 4.11. The van der Waals surface area contributed by atoms with Crippen molar-refractivity contribution in [2.45, 2.75) is 0 Å².